The van der Waals surface area contributed by atoms with Gasteiger partial charge in [-0.2, -0.15) is 5.10 Å². The van der Waals surface area contributed by atoms with Gasteiger partial charge >= 0.3 is 6.03 Å². The Bertz CT molecular complexity index is 672. The molecule has 0 fully saturated rings. The number of hydrogen-bond donors (Lipinski definition) is 3. The molecule has 0 saturated carbocycles. The molecule has 1 heterocycles. The van der Waals surface area contributed by atoms with Crippen LogP contribution in [0.3, 0.4) is 0 Å². The maximum absolute atomic E-state index is 13.0. The van der Waals surface area contributed by atoms with Crippen molar-refractivity contribution in [1.82, 2.24) is 20.4 Å². The average molecular weight is 348 g/mol. The van der Waals surface area contributed by atoms with Gasteiger partial charge in [0.25, 0.3) is 0 Å². The SMILES string of the molecule is CCC(CC)(CO)CNC(=O)NCc1ccn(-c2ccc(F)cc2)n1. The van der Waals surface area contributed by atoms with Crippen LogP contribution in [0.25, 0.3) is 5.69 Å². The highest BCUT2D eigenvalue weighted by atomic mass is 19.1. The first kappa shape index (κ1) is 18.9. The first-order chi connectivity index (χ1) is 12.0. The summed E-state index contributed by atoms with van der Waals surface area (Å²) < 4.78 is 14.6. The summed E-state index contributed by atoms with van der Waals surface area (Å²) in [5.74, 6) is -0.299. The maximum atomic E-state index is 13.0. The summed E-state index contributed by atoms with van der Waals surface area (Å²) in [6, 6.07) is 7.51. The normalized spacial score (nSPS) is 11.4. The van der Waals surface area contributed by atoms with Crippen molar-refractivity contribution in [3.8, 4) is 5.69 Å². The molecule has 2 rings (SSSR count). The molecule has 136 valence electrons. The predicted octanol–water partition coefficient (Wildman–Crippen LogP) is 2.61. The molecule has 0 unspecified atom stereocenters. The predicted molar refractivity (Wildman–Crippen MR) is 93.9 cm³/mol. The summed E-state index contributed by atoms with van der Waals surface area (Å²) in [6.07, 6.45) is 3.35. The van der Waals surface area contributed by atoms with Crippen LogP contribution in [0.15, 0.2) is 36.5 Å². The van der Waals surface area contributed by atoms with Crippen molar-refractivity contribution in [3.63, 3.8) is 0 Å². The van der Waals surface area contributed by atoms with Gasteiger partial charge in [-0.1, -0.05) is 13.8 Å². The second kappa shape index (κ2) is 8.62. The Morgan fingerprint density at radius 1 is 1.20 bits per heavy atom. The number of urea groups is 1. The number of carbonyl (C=O) groups excluding carboxylic acids is 1. The lowest BCUT2D eigenvalue weighted by Gasteiger charge is -2.29. The highest BCUT2D eigenvalue weighted by Gasteiger charge is 2.25. The zero-order chi connectivity index (χ0) is 18.3. The van der Waals surface area contributed by atoms with E-state index in [0.29, 0.717) is 12.2 Å². The molecule has 0 bridgehead atoms. The van der Waals surface area contributed by atoms with Crippen molar-refractivity contribution in [1.29, 1.82) is 0 Å². The van der Waals surface area contributed by atoms with Gasteiger partial charge in [-0.15, -0.1) is 0 Å². The number of benzene rings is 1. The topological polar surface area (TPSA) is 79.2 Å². The van der Waals surface area contributed by atoms with Crippen LogP contribution >= 0.6 is 0 Å². The molecular weight excluding hydrogens is 323 g/mol. The van der Waals surface area contributed by atoms with E-state index in [0.717, 1.165) is 18.5 Å². The lowest BCUT2D eigenvalue weighted by Crippen LogP contribution is -2.43. The van der Waals surface area contributed by atoms with Crippen molar-refractivity contribution >= 4 is 6.03 Å². The molecule has 6 nitrogen and oxygen atoms in total. The summed E-state index contributed by atoms with van der Waals surface area (Å²) in [4.78, 5) is 11.9. The zero-order valence-electron chi connectivity index (χ0n) is 14.6. The van der Waals surface area contributed by atoms with E-state index in [2.05, 4.69) is 15.7 Å². The Morgan fingerprint density at radius 3 is 2.48 bits per heavy atom. The fourth-order valence-electron chi connectivity index (χ4n) is 2.47. The summed E-state index contributed by atoms with van der Waals surface area (Å²) in [6.45, 7) is 4.75. The van der Waals surface area contributed by atoms with E-state index in [1.54, 1.807) is 29.1 Å². The molecule has 1 aromatic carbocycles. The number of amides is 2. The van der Waals surface area contributed by atoms with Crippen molar-refractivity contribution < 1.29 is 14.3 Å². The van der Waals surface area contributed by atoms with Gasteiger partial charge in [0.2, 0.25) is 0 Å². The van der Waals surface area contributed by atoms with E-state index in [9.17, 15) is 14.3 Å². The van der Waals surface area contributed by atoms with Gasteiger partial charge in [0, 0.05) is 18.2 Å². The Kier molecular flexibility index (Phi) is 6.52. The molecule has 2 aromatic rings. The van der Waals surface area contributed by atoms with Crippen molar-refractivity contribution in [2.45, 2.75) is 33.2 Å². The number of hydrogen-bond acceptors (Lipinski definition) is 3. The molecule has 7 heteroatoms. The Hall–Kier alpha value is -2.41. The number of halogens is 1. The number of aromatic nitrogens is 2. The number of nitrogens with one attached hydrogen (secondary N) is 2. The first-order valence-corrected chi connectivity index (χ1v) is 8.45. The second-order valence-corrected chi connectivity index (χ2v) is 6.13. The Balaban J connectivity index is 1.85. The highest BCUT2D eigenvalue weighted by molar-refractivity contribution is 5.73. The van der Waals surface area contributed by atoms with Gasteiger partial charge in [0.1, 0.15) is 5.82 Å². The first-order valence-electron chi connectivity index (χ1n) is 8.45. The molecule has 0 aliphatic rings. The molecule has 1 aromatic heterocycles. The third kappa shape index (κ3) is 5.03. The third-order valence-electron chi connectivity index (χ3n) is 4.62. The van der Waals surface area contributed by atoms with E-state index < -0.39 is 0 Å². The van der Waals surface area contributed by atoms with Crippen LogP contribution in [0.4, 0.5) is 9.18 Å². The number of nitrogens with zero attached hydrogens (tertiary/aromatic N) is 2. The van der Waals surface area contributed by atoms with E-state index in [1.807, 2.05) is 13.8 Å². The molecule has 0 saturated heterocycles. The third-order valence-corrected chi connectivity index (χ3v) is 4.62. The fourth-order valence-corrected chi connectivity index (χ4v) is 2.47. The number of aliphatic hydroxyl groups excluding tert-OH is 1. The molecule has 2 amide bonds. The molecule has 0 aliphatic heterocycles. The van der Waals surface area contributed by atoms with Crippen LogP contribution in [0.1, 0.15) is 32.4 Å². The van der Waals surface area contributed by atoms with Crippen molar-refractivity contribution in [2.75, 3.05) is 13.2 Å². The lowest BCUT2D eigenvalue weighted by molar-refractivity contribution is 0.115. The average Bonchev–Trinajstić information content (AvgIpc) is 3.11. The van der Waals surface area contributed by atoms with Crippen molar-refractivity contribution in [3.05, 3.63) is 48.0 Å². The quantitative estimate of drug-likeness (QED) is 0.686. The summed E-state index contributed by atoms with van der Waals surface area (Å²) in [5.41, 5.74) is 1.16. The van der Waals surface area contributed by atoms with Crippen LogP contribution in [-0.2, 0) is 6.54 Å². The monoisotopic (exact) mass is 348 g/mol. The smallest absolute Gasteiger partial charge is 0.315 e. The Morgan fingerprint density at radius 2 is 1.88 bits per heavy atom. The minimum absolute atomic E-state index is 0.0440. The lowest BCUT2D eigenvalue weighted by atomic mass is 9.83. The van der Waals surface area contributed by atoms with E-state index in [1.165, 1.54) is 12.1 Å². The van der Waals surface area contributed by atoms with Gasteiger partial charge in [-0.05, 0) is 43.2 Å². The van der Waals surface area contributed by atoms with Gasteiger partial charge in [-0.3, -0.25) is 0 Å². The minimum atomic E-state index is -0.299. The number of aliphatic hydroxyl groups is 1. The summed E-state index contributed by atoms with van der Waals surface area (Å²) in [7, 11) is 0. The molecule has 0 radical (unpaired) electrons. The second-order valence-electron chi connectivity index (χ2n) is 6.13. The summed E-state index contributed by atoms with van der Waals surface area (Å²) >= 11 is 0. The molecule has 0 aliphatic carbocycles. The Labute approximate surface area is 147 Å². The van der Waals surface area contributed by atoms with E-state index >= 15 is 0 Å². The van der Waals surface area contributed by atoms with Crippen LogP contribution in [0.5, 0.6) is 0 Å². The van der Waals surface area contributed by atoms with Gasteiger partial charge in [-0.25, -0.2) is 13.9 Å². The number of rotatable bonds is 8. The minimum Gasteiger partial charge on any atom is -0.396 e. The molecule has 3 N–H and O–H groups in total. The standard InChI is InChI=1S/C18H25FN4O2/c1-3-18(4-2,13-24)12-21-17(25)20-11-15-9-10-23(22-15)16-7-5-14(19)6-8-16/h5-10,24H,3-4,11-13H2,1-2H3,(H2,20,21,25). The molecule has 25 heavy (non-hydrogen) atoms. The van der Waals surface area contributed by atoms with Gasteiger partial charge in [0.15, 0.2) is 0 Å². The molecular formula is C18H25FN4O2. The largest absolute Gasteiger partial charge is 0.396 e. The van der Waals surface area contributed by atoms with Crippen LogP contribution in [0.2, 0.25) is 0 Å². The van der Waals surface area contributed by atoms with Gasteiger partial charge in [0.05, 0.1) is 24.5 Å². The summed E-state index contributed by atoms with van der Waals surface area (Å²) in [5, 5.41) is 19.4. The fraction of sp³-hybridized carbons (Fsp3) is 0.444. The maximum Gasteiger partial charge on any atom is 0.315 e. The molecule has 0 spiro atoms. The van der Waals surface area contributed by atoms with Gasteiger partial charge < -0.3 is 15.7 Å². The van der Waals surface area contributed by atoms with Crippen LogP contribution in [-0.4, -0.2) is 34.1 Å². The molecule has 0 atom stereocenters. The zero-order valence-corrected chi connectivity index (χ0v) is 14.6. The van der Waals surface area contributed by atoms with E-state index in [4.69, 9.17) is 0 Å². The van der Waals surface area contributed by atoms with Crippen LogP contribution in [0, 0.1) is 11.2 Å². The van der Waals surface area contributed by atoms with E-state index in [-0.39, 0.29) is 30.4 Å². The highest BCUT2D eigenvalue weighted by Crippen LogP contribution is 2.24. The van der Waals surface area contributed by atoms with Crippen LogP contribution < -0.4 is 10.6 Å². The van der Waals surface area contributed by atoms with Crippen molar-refractivity contribution in [2.24, 2.45) is 5.41 Å². The number of carbonyl (C=O) groups is 1.